The lowest BCUT2D eigenvalue weighted by Gasteiger charge is -2.14. The quantitative estimate of drug-likeness (QED) is 0.773. The van der Waals surface area contributed by atoms with Gasteiger partial charge in [-0.25, -0.2) is 4.98 Å². The number of nitrogens with zero attached hydrogens (tertiary/aromatic N) is 4. The molecule has 6 nitrogen and oxygen atoms in total. The maximum absolute atomic E-state index is 5.87. The van der Waals surface area contributed by atoms with E-state index in [0.29, 0.717) is 12.4 Å². The Balaban J connectivity index is 1.65. The highest BCUT2D eigenvalue weighted by molar-refractivity contribution is 5.34. The molecule has 3 aromatic heterocycles. The molecule has 0 aromatic carbocycles. The van der Waals surface area contributed by atoms with Gasteiger partial charge in [-0.1, -0.05) is 26.8 Å². The molecule has 0 aliphatic carbocycles. The van der Waals surface area contributed by atoms with Crippen molar-refractivity contribution in [3.63, 3.8) is 0 Å². The zero-order valence-corrected chi connectivity index (χ0v) is 14.5. The highest BCUT2D eigenvalue weighted by Gasteiger charge is 2.21. The van der Waals surface area contributed by atoms with Crippen LogP contribution in [0.5, 0.6) is 0 Å². The molecule has 0 unspecified atom stereocenters. The van der Waals surface area contributed by atoms with Gasteiger partial charge in [-0.3, -0.25) is 9.67 Å². The van der Waals surface area contributed by atoms with E-state index in [-0.39, 0.29) is 11.5 Å². The van der Waals surface area contributed by atoms with E-state index in [1.54, 1.807) is 12.4 Å². The maximum Gasteiger partial charge on any atom is 0.216 e. The van der Waals surface area contributed by atoms with Gasteiger partial charge in [-0.05, 0) is 19.1 Å². The zero-order valence-electron chi connectivity index (χ0n) is 14.5. The largest absolute Gasteiger partial charge is 0.443 e. The summed E-state index contributed by atoms with van der Waals surface area (Å²) in [7, 11) is 0. The van der Waals surface area contributed by atoms with Crippen molar-refractivity contribution in [3.05, 3.63) is 60.2 Å². The SMILES string of the molecule is C[C@H](Nc1ccn(Cc2ccccn2)n1)c1ncc(C(C)(C)C)o1. The summed E-state index contributed by atoms with van der Waals surface area (Å²) < 4.78 is 7.72. The van der Waals surface area contributed by atoms with Crippen LogP contribution in [0.15, 0.2) is 47.3 Å². The number of aromatic nitrogens is 4. The molecule has 0 bridgehead atoms. The first-order valence-corrected chi connectivity index (χ1v) is 8.08. The standard InChI is InChI=1S/C18H23N5O/c1-13(17-20-11-15(24-17)18(2,3)4)21-16-8-10-23(22-16)12-14-7-5-6-9-19-14/h5-11,13H,12H2,1-4H3,(H,21,22)/t13-/m0/s1. The van der Waals surface area contributed by atoms with E-state index in [4.69, 9.17) is 4.42 Å². The minimum absolute atomic E-state index is 0.0464. The molecule has 0 fully saturated rings. The number of nitrogens with one attached hydrogen (secondary N) is 1. The Morgan fingerprint density at radius 2 is 2.04 bits per heavy atom. The molecule has 126 valence electrons. The van der Waals surface area contributed by atoms with Crippen LogP contribution in [-0.4, -0.2) is 19.7 Å². The van der Waals surface area contributed by atoms with Gasteiger partial charge in [0.25, 0.3) is 0 Å². The van der Waals surface area contributed by atoms with Crippen molar-refractivity contribution in [1.82, 2.24) is 19.7 Å². The van der Waals surface area contributed by atoms with Gasteiger partial charge >= 0.3 is 0 Å². The van der Waals surface area contributed by atoms with Crippen molar-refractivity contribution >= 4 is 5.82 Å². The fourth-order valence-corrected chi connectivity index (χ4v) is 2.30. The minimum atomic E-state index is -0.0562. The molecule has 0 spiro atoms. The maximum atomic E-state index is 5.87. The van der Waals surface area contributed by atoms with Gasteiger partial charge in [0.1, 0.15) is 17.6 Å². The van der Waals surface area contributed by atoms with Gasteiger partial charge in [0.05, 0.1) is 18.4 Å². The van der Waals surface area contributed by atoms with Crippen molar-refractivity contribution in [2.45, 2.75) is 45.7 Å². The first kappa shape index (κ1) is 16.2. The lowest BCUT2D eigenvalue weighted by atomic mass is 9.94. The molecule has 24 heavy (non-hydrogen) atoms. The molecule has 0 amide bonds. The van der Waals surface area contributed by atoms with Crippen LogP contribution < -0.4 is 5.32 Å². The summed E-state index contributed by atoms with van der Waals surface area (Å²) in [4.78, 5) is 8.69. The zero-order chi connectivity index (χ0) is 17.2. The van der Waals surface area contributed by atoms with Crippen molar-refractivity contribution in [2.75, 3.05) is 5.32 Å². The van der Waals surface area contributed by atoms with E-state index >= 15 is 0 Å². The van der Waals surface area contributed by atoms with Gasteiger partial charge in [-0.2, -0.15) is 5.10 Å². The van der Waals surface area contributed by atoms with Crippen molar-refractivity contribution < 1.29 is 4.42 Å². The Morgan fingerprint density at radius 3 is 2.71 bits per heavy atom. The van der Waals surface area contributed by atoms with Crippen LogP contribution in [0.2, 0.25) is 0 Å². The normalized spacial score (nSPS) is 13.0. The lowest BCUT2D eigenvalue weighted by Crippen LogP contribution is -2.10. The number of anilines is 1. The fraction of sp³-hybridized carbons (Fsp3) is 0.389. The third-order valence-corrected chi connectivity index (χ3v) is 3.69. The van der Waals surface area contributed by atoms with Crippen LogP contribution in [0.25, 0.3) is 0 Å². The second-order valence-electron chi connectivity index (χ2n) is 6.90. The summed E-state index contributed by atoms with van der Waals surface area (Å²) >= 11 is 0. The van der Waals surface area contributed by atoms with Crippen LogP contribution in [-0.2, 0) is 12.0 Å². The van der Waals surface area contributed by atoms with Crippen LogP contribution in [0.1, 0.15) is 51.1 Å². The molecule has 1 atom stereocenters. The van der Waals surface area contributed by atoms with Crippen LogP contribution in [0.4, 0.5) is 5.82 Å². The second kappa shape index (κ2) is 6.47. The summed E-state index contributed by atoms with van der Waals surface area (Å²) in [6, 6.07) is 7.75. The lowest BCUT2D eigenvalue weighted by molar-refractivity contribution is 0.374. The molecule has 0 aliphatic rings. The van der Waals surface area contributed by atoms with E-state index in [1.807, 2.05) is 42.1 Å². The molecule has 0 radical (unpaired) electrons. The Hall–Kier alpha value is -2.63. The first-order valence-electron chi connectivity index (χ1n) is 8.08. The highest BCUT2D eigenvalue weighted by atomic mass is 16.4. The summed E-state index contributed by atoms with van der Waals surface area (Å²) in [5, 5.41) is 7.84. The average Bonchev–Trinajstić information content (AvgIpc) is 3.17. The Labute approximate surface area is 141 Å². The number of hydrogen-bond donors (Lipinski definition) is 1. The number of rotatable bonds is 5. The van der Waals surface area contributed by atoms with Gasteiger partial charge in [-0.15, -0.1) is 0 Å². The van der Waals surface area contributed by atoms with E-state index in [1.165, 1.54) is 0 Å². The van der Waals surface area contributed by atoms with Gasteiger partial charge in [0, 0.05) is 23.9 Å². The average molecular weight is 325 g/mol. The van der Waals surface area contributed by atoms with Gasteiger partial charge in [0.15, 0.2) is 0 Å². The molecule has 0 aliphatic heterocycles. The number of oxazole rings is 1. The third-order valence-electron chi connectivity index (χ3n) is 3.69. The van der Waals surface area contributed by atoms with E-state index in [2.05, 4.69) is 41.2 Å². The number of hydrogen-bond acceptors (Lipinski definition) is 5. The number of pyridine rings is 1. The van der Waals surface area contributed by atoms with E-state index < -0.39 is 0 Å². The van der Waals surface area contributed by atoms with Crippen LogP contribution in [0, 0.1) is 0 Å². The molecule has 0 saturated heterocycles. The first-order chi connectivity index (χ1) is 11.4. The second-order valence-corrected chi connectivity index (χ2v) is 6.90. The summed E-state index contributed by atoms with van der Waals surface area (Å²) in [6.07, 6.45) is 5.52. The van der Waals surface area contributed by atoms with Crippen molar-refractivity contribution in [2.24, 2.45) is 0 Å². The predicted molar refractivity (Wildman–Crippen MR) is 92.8 cm³/mol. The molecular formula is C18H23N5O. The molecule has 3 heterocycles. The summed E-state index contributed by atoms with van der Waals surface area (Å²) in [6.45, 7) is 8.97. The Kier molecular flexibility index (Phi) is 4.38. The van der Waals surface area contributed by atoms with E-state index in [9.17, 15) is 0 Å². The Morgan fingerprint density at radius 1 is 1.21 bits per heavy atom. The van der Waals surface area contributed by atoms with Gasteiger partial charge < -0.3 is 9.73 Å². The monoisotopic (exact) mass is 325 g/mol. The molecule has 1 N–H and O–H groups in total. The molecule has 0 saturated carbocycles. The van der Waals surface area contributed by atoms with Crippen LogP contribution in [0.3, 0.4) is 0 Å². The smallest absolute Gasteiger partial charge is 0.216 e. The molecule has 3 aromatic rings. The minimum Gasteiger partial charge on any atom is -0.443 e. The fourth-order valence-electron chi connectivity index (χ4n) is 2.30. The van der Waals surface area contributed by atoms with Gasteiger partial charge in [0.2, 0.25) is 5.89 Å². The van der Waals surface area contributed by atoms with Crippen molar-refractivity contribution in [3.8, 4) is 0 Å². The summed E-state index contributed by atoms with van der Waals surface area (Å²) in [5.74, 6) is 2.33. The molecule has 3 rings (SSSR count). The predicted octanol–water partition coefficient (Wildman–Crippen LogP) is 3.79. The van der Waals surface area contributed by atoms with E-state index in [0.717, 1.165) is 17.3 Å². The summed E-state index contributed by atoms with van der Waals surface area (Å²) in [5.41, 5.74) is 0.928. The third kappa shape index (κ3) is 3.82. The molecule has 6 heteroatoms. The topological polar surface area (TPSA) is 68.8 Å². The Bertz CT molecular complexity index is 785. The van der Waals surface area contributed by atoms with Crippen LogP contribution >= 0.6 is 0 Å². The molecular weight excluding hydrogens is 302 g/mol. The highest BCUT2D eigenvalue weighted by Crippen LogP contribution is 2.26. The van der Waals surface area contributed by atoms with Crippen molar-refractivity contribution in [1.29, 1.82) is 0 Å².